The van der Waals surface area contributed by atoms with Gasteiger partial charge in [-0.3, -0.25) is 9.36 Å². The summed E-state index contributed by atoms with van der Waals surface area (Å²) < 4.78 is 22.1. The summed E-state index contributed by atoms with van der Waals surface area (Å²) in [5.74, 6) is 0.712. The van der Waals surface area contributed by atoms with Crippen molar-refractivity contribution in [3.05, 3.63) is 52.1 Å². The van der Waals surface area contributed by atoms with Crippen molar-refractivity contribution in [2.75, 3.05) is 14.2 Å². The van der Waals surface area contributed by atoms with Crippen LogP contribution in [0.3, 0.4) is 0 Å². The van der Waals surface area contributed by atoms with Gasteiger partial charge in [0.15, 0.2) is 8.46 Å². The molecule has 2 aromatic rings. The molecule has 0 saturated heterocycles. The number of carbonyl (C=O) groups excluding carboxylic acids is 1. The molecular formula is C18H19O4P. The number of methoxy groups -OCH3 is 2. The van der Waals surface area contributed by atoms with E-state index in [1.54, 1.807) is 18.2 Å². The molecule has 0 N–H and O–H groups in total. The number of aryl methyl sites for hydroxylation is 2. The van der Waals surface area contributed by atoms with E-state index in [0.717, 1.165) is 16.7 Å². The number of ketones is 1. The van der Waals surface area contributed by atoms with E-state index in [4.69, 9.17) is 9.47 Å². The highest BCUT2D eigenvalue weighted by atomic mass is 31.1. The molecule has 4 nitrogen and oxygen atoms in total. The van der Waals surface area contributed by atoms with Crippen LogP contribution in [0.5, 0.6) is 11.5 Å². The smallest absolute Gasteiger partial charge is 0.201 e. The molecule has 2 aromatic carbocycles. The third-order valence-electron chi connectivity index (χ3n) is 3.90. The van der Waals surface area contributed by atoms with Crippen LogP contribution in [-0.2, 0) is 4.57 Å². The highest BCUT2D eigenvalue weighted by Gasteiger charge is 2.24. The quantitative estimate of drug-likeness (QED) is 0.618. The lowest BCUT2D eigenvalue weighted by Gasteiger charge is -2.16. The van der Waals surface area contributed by atoms with Crippen LogP contribution in [0.2, 0.25) is 0 Å². The average molecular weight is 330 g/mol. The van der Waals surface area contributed by atoms with Crippen LogP contribution in [0.1, 0.15) is 32.6 Å². The second-order valence-electron chi connectivity index (χ2n) is 5.32. The predicted octanol–water partition coefficient (Wildman–Crippen LogP) is 3.78. The molecule has 0 radical (unpaired) electrons. The summed E-state index contributed by atoms with van der Waals surface area (Å²) in [5, 5.41) is 0.646. The Labute approximate surface area is 137 Å². The Hall–Kier alpha value is -2.19. The van der Waals surface area contributed by atoms with E-state index in [9.17, 15) is 9.36 Å². The number of carbonyl (C=O) groups is 1. The zero-order valence-corrected chi connectivity index (χ0v) is 14.8. The van der Waals surface area contributed by atoms with Crippen molar-refractivity contribution in [1.82, 2.24) is 0 Å². The maximum Gasteiger partial charge on any atom is 0.201 e. The monoisotopic (exact) mass is 330 g/mol. The minimum Gasteiger partial charge on any atom is -0.496 e. The molecule has 0 spiro atoms. The molecule has 0 atom stereocenters. The summed E-state index contributed by atoms with van der Waals surface area (Å²) in [6.07, 6.45) is 0. The zero-order valence-electron chi connectivity index (χ0n) is 13.9. The number of benzene rings is 2. The minimum atomic E-state index is -0.195. The van der Waals surface area contributed by atoms with Gasteiger partial charge < -0.3 is 9.47 Å². The Morgan fingerprint density at radius 2 is 1.52 bits per heavy atom. The molecule has 0 bridgehead atoms. The summed E-state index contributed by atoms with van der Waals surface area (Å²) in [6, 6.07) is 7.09. The predicted molar refractivity (Wildman–Crippen MR) is 90.9 cm³/mol. The fraction of sp³-hybridized carbons (Fsp3) is 0.278. The molecule has 0 aliphatic heterocycles. The lowest BCUT2D eigenvalue weighted by Crippen LogP contribution is -2.16. The fourth-order valence-electron chi connectivity index (χ4n) is 2.87. The Morgan fingerprint density at radius 1 is 0.957 bits per heavy atom. The van der Waals surface area contributed by atoms with E-state index < -0.39 is 0 Å². The minimum absolute atomic E-state index is 0.0931. The second kappa shape index (κ2) is 6.93. The first-order valence-corrected chi connectivity index (χ1v) is 7.97. The van der Waals surface area contributed by atoms with E-state index in [1.807, 2.05) is 26.8 Å². The van der Waals surface area contributed by atoms with E-state index in [0.29, 0.717) is 27.9 Å². The van der Waals surface area contributed by atoms with Crippen LogP contribution in [0.25, 0.3) is 0 Å². The number of rotatable bonds is 5. The number of ether oxygens (including phenoxy) is 2. The molecule has 0 aromatic heterocycles. The number of hydrogen-bond acceptors (Lipinski definition) is 4. The van der Waals surface area contributed by atoms with Crippen molar-refractivity contribution < 1.29 is 18.8 Å². The SMILES string of the molecule is COc1cccc(OC)c1C(=O)c1c(C)cc(C)c(P=O)c1C. The molecule has 120 valence electrons. The summed E-state index contributed by atoms with van der Waals surface area (Å²) in [5.41, 5.74) is 3.38. The molecule has 0 fully saturated rings. The Balaban J connectivity index is 2.75. The molecule has 0 aliphatic rings. The van der Waals surface area contributed by atoms with Crippen molar-refractivity contribution in [2.45, 2.75) is 20.8 Å². The largest absolute Gasteiger partial charge is 0.496 e. The Bertz CT molecular complexity index is 759. The van der Waals surface area contributed by atoms with Gasteiger partial charge >= 0.3 is 0 Å². The third-order valence-corrected chi connectivity index (χ3v) is 4.78. The van der Waals surface area contributed by atoms with Gasteiger partial charge in [-0.15, -0.1) is 0 Å². The number of hydrogen-bond donors (Lipinski definition) is 0. The van der Waals surface area contributed by atoms with Crippen molar-refractivity contribution in [1.29, 1.82) is 0 Å². The lowest BCUT2D eigenvalue weighted by atomic mass is 9.92. The average Bonchev–Trinajstić information content (AvgIpc) is 2.53. The van der Waals surface area contributed by atoms with Crippen LogP contribution in [0, 0.1) is 20.8 Å². The topological polar surface area (TPSA) is 52.6 Å². The van der Waals surface area contributed by atoms with Crippen LogP contribution in [0.15, 0.2) is 24.3 Å². The third kappa shape index (κ3) is 2.99. The van der Waals surface area contributed by atoms with Gasteiger partial charge in [0.05, 0.1) is 14.2 Å². The van der Waals surface area contributed by atoms with E-state index in [-0.39, 0.29) is 14.2 Å². The molecule has 23 heavy (non-hydrogen) atoms. The first-order chi connectivity index (χ1) is 11.0. The highest BCUT2D eigenvalue weighted by molar-refractivity contribution is 7.34. The second-order valence-corrected chi connectivity index (χ2v) is 5.95. The molecule has 5 heteroatoms. The first-order valence-electron chi connectivity index (χ1n) is 7.16. The molecule has 0 aliphatic carbocycles. The summed E-state index contributed by atoms with van der Waals surface area (Å²) in [6.45, 7) is 5.58. The fourth-order valence-corrected chi connectivity index (χ4v) is 3.32. The van der Waals surface area contributed by atoms with Crippen LogP contribution >= 0.6 is 8.46 Å². The maximum absolute atomic E-state index is 13.2. The molecule has 0 unspecified atom stereocenters. The lowest BCUT2D eigenvalue weighted by molar-refractivity contribution is 0.103. The van der Waals surface area contributed by atoms with E-state index in [2.05, 4.69) is 0 Å². The van der Waals surface area contributed by atoms with Gasteiger partial charge in [0.1, 0.15) is 17.1 Å². The van der Waals surface area contributed by atoms with Gasteiger partial charge in [-0.1, -0.05) is 12.1 Å². The van der Waals surface area contributed by atoms with Gasteiger partial charge in [-0.05, 0) is 49.6 Å². The van der Waals surface area contributed by atoms with Gasteiger partial charge in [0, 0.05) is 10.9 Å². The van der Waals surface area contributed by atoms with Gasteiger partial charge in [-0.25, -0.2) is 0 Å². The van der Waals surface area contributed by atoms with Gasteiger partial charge in [-0.2, -0.15) is 0 Å². The van der Waals surface area contributed by atoms with E-state index >= 15 is 0 Å². The molecule has 0 amide bonds. The highest BCUT2D eigenvalue weighted by Crippen LogP contribution is 2.32. The molecule has 0 saturated carbocycles. The van der Waals surface area contributed by atoms with E-state index in [1.165, 1.54) is 14.2 Å². The summed E-state index contributed by atoms with van der Waals surface area (Å²) >= 11 is 0. The van der Waals surface area contributed by atoms with Crippen molar-refractivity contribution in [2.24, 2.45) is 0 Å². The van der Waals surface area contributed by atoms with Crippen molar-refractivity contribution in [3.8, 4) is 11.5 Å². The normalized spacial score (nSPS) is 10.7. The zero-order chi connectivity index (χ0) is 17.1. The Kier molecular flexibility index (Phi) is 5.17. The molecule has 2 rings (SSSR count). The first kappa shape index (κ1) is 17.2. The van der Waals surface area contributed by atoms with Gasteiger partial charge in [0.2, 0.25) is 5.78 Å². The summed E-state index contributed by atoms with van der Waals surface area (Å²) in [4.78, 5) is 13.2. The summed E-state index contributed by atoms with van der Waals surface area (Å²) in [7, 11) is 2.94. The van der Waals surface area contributed by atoms with Crippen LogP contribution in [0.4, 0.5) is 0 Å². The van der Waals surface area contributed by atoms with Crippen molar-refractivity contribution >= 4 is 19.5 Å². The standard InChI is InChI=1S/C18H19O4P/c1-10-9-11(2)18(23-20)12(3)15(10)17(19)16-13(21-4)7-6-8-14(16)22-5/h6-9H,1-5H3. The molecular weight excluding hydrogens is 311 g/mol. The van der Waals surface area contributed by atoms with Gasteiger partial charge in [0.25, 0.3) is 0 Å². The Morgan fingerprint density at radius 3 is 2.00 bits per heavy atom. The van der Waals surface area contributed by atoms with Crippen LogP contribution in [-0.4, -0.2) is 20.0 Å². The van der Waals surface area contributed by atoms with Crippen LogP contribution < -0.4 is 14.8 Å². The van der Waals surface area contributed by atoms with Crippen molar-refractivity contribution in [3.63, 3.8) is 0 Å². The molecule has 0 heterocycles. The maximum atomic E-state index is 13.2.